The highest BCUT2D eigenvalue weighted by Gasteiger charge is 2.40. The second-order valence-corrected chi connectivity index (χ2v) is 5.35. The number of anilines is 1. The van der Waals surface area contributed by atoms with Crippen molar-refractivity contribution in [1.29, 1.82) is 0 Å². The Balaban J connectivity index is 2.34. The molecule has 1 aliphatic rings. The van der Waals surface area contributed by atoms with Crippen LogP contribution in [-0.4, -0.2) is 42.6 Å². The highest BCUT2D eigenvalue weighted by Crippen LogP contribution is 2.35. The lowest BCUT2D eigenvalue weighted by atomic mass is 10.2. The number of carbonyl (C=O) groups is 2. The summed E-state index contributed by atoms with van der Waals surface area (Å²) in [4.78, 5) is 28.2. The van der Waals surface area contributed by atoms with Gasteiger partial charge in [0.15, 0.2) is 0 Å². The average molecular weight is 364 g/mol. The molecule has 0 spiro atoms. The molecule has 0 N–H and O–H groups in total. The number of alkyl halides is 3. The zero-order chi connectivity index (χ0) is 18.2. The third-order valence-electron chi connectivity index (χ3n) is 3.48. The third-order valence-corrected chi connectivity index (χ3v) is 3.76. The van der Waals surface area contributed by atoms with E-state index in [1.165, 1.54) is 21.1 Å². The molecule has 0 radical (unpaired) electrons. The summed E-state index contributed by atoms with van der Waals surface area (Å²) in [5, 5.41) is 1.05. The van der Waals surface area contributed by atoms with Crippen molar-refractivity contribution < 1.29 is 27.5 Å². The predicted molar refractivity (Wildman–Crippen MR) is 79.1 cm³/mol. The molecule has 6 nitrogen and oxygen atoms in total. The van der Waals surface area contributed by atoms with Crippen LogP contribution < -0.4 is 5.01 Å². The van der Waals surface area contributed by atoms with Crippen LogP contribution in [-0.2, 0) is 20.5 Å². The third kappa shape index (κ3) is 3.09. The lowest BCUT2D eigenvalue weighted by molar-refractivity contribution is -0.139. The Kier molecular flexibility index (Phi) is 4.86. The molecule has 10 heteroatoms. The van der Waals surface area contributed by atoms with E-state index in [1.54, 1.807) is 0 Å². The monoisotopic (exact) mass is 363 g/mol. The standard InChI is InChI=1S/C14H13ClF3N3O3/c1-7-8(6-24-3)13(23)21(12(7)22)20(2)10-5-4-9(11(15)19-10)14(16,17)18/h4-5H,6H2,1-3H3. The van der Waals surface area contributed by atoms with Crippen LogP contribution in [0.2, 0.25) is 5.15 Å². The summed E-state index contributed by atoms with van der Waals surface area (Å²) in [6.45, 7) is 1.41. The molecule has 0 atom stereocenters. The van der Waals surface area contributed by atoms with Gasteiger partial charge >= 0.3 is 6.18 Å². The fourth-order valence-corrected chi connectivity index (χ4v) is 2.43. The molecule has 1 aromatic heterocycles. The number of halogens is 4. The van der Waals surface area contributed by atoms with Crippen molar-refractivity contribution in [1.82, 2.24) is 9.99 Å². The highest BCUT2D eigenvalue weighted by atomic mass is 35.5. The van der Waals surface area contributed by atoms with Gasteiger partial charge in [-0.2, -0.15) is 18.2 Å². The van der Waals surface area contributed by atoms with Gasteiger partial charge in [0.05, 0.1) is 17.7 Å². The van der Waals surface area contributed by atoms with Gasteiger partial charge in [-0.15, -0.1) is 0 Å². The number of methoxy groups -OCH3 is 1. The molecule has 0 aromatic carbocycles. The number of aromatic nitrogens is 1. The van der Waals surface area contributed by atoms with Gasteiger partial charge in [0.1, 0.15) is 11.0 Å². The van der Waals surface area contributed by atoms with E-state index in [1.807, 2.05) is 0 Å². The van der Waals surface area contributed by atoms with Gasteiger partial charge in [-0.3, -0.25) is 14.6 Å². The number of carbonyl (C=O) groups excluding carboxylic acids is 2. The van der Waals surface area contributed by atoms with Gasteiger partial charge < -0.3 is 4.74 Å². The minimum absolute atomic E-state index is 0.0536. The Morgan fingerprint density at radius 2 is 1.92 bits per heavy atom. The van der Waals surface area contributed by atoms with Crippen molar-refractivity contribution in [2.45, 2.75) is 13.1 Å². The second-order valence-electron chi connectivity index (χ2n) is 4.99. The number of amides is 2. The van der Waals surface area contributed by atoms with Crippen molar-refractivity contribution in [2.75, 3.05) is 25.8 Å². The molecular formula is C14H13ClF3N3O3. The van der Waals surface area contributed by atoms with Gasteiger partial charge in [-0.05, 0) is 19.1 Å². The highest BCUT2D eigenvalue weighted by molar-refractivity contribution is 6.30. The SMILES string of the molecule is COCC1=C(C)C(=O)N(N(C)c2ccc(C(F)(F)F)c(Cl)n2)C1=O. The van der Waals surface area contributed by atoms with Crippen LogP contribution in [0.3, 0.4) is 0 Å². The predicted octanol–water partition coefficient (Wildman–Crippen LogP) is 2.44. The number of ether oxygens (including phenoxy) is 1. The molecule has 130 valence electrons. The summed E-state index contributed by atoms with van der Waals surface area (Å²) in [6, 6.07) is 1.77. The molecule has 0 saturated carbocycles. The maximum Gasteiger partial charge on any atom is 0.419 e. The van der Waals surface area contributed by atoms with Crippen LogP contribution in [0, 0.1) is 0 Å². The summed E-state index contributed by atoms with van der Waals surface area (Å²) in [5.41, 5.74) is -0.728. The van der Waals surface area contributed by atoms with Crippen molar-refractivity contribution in [3.8, 4) is 0 Å². The van der Waals surface area contributed by atoms with Crippen molar-refractivity contribution in [2.24, 2.45) is 0 Å². The minimum atomic E-state index is -4.65. The Hall–Kier alpha value is -2.13. The average Bonchev–Trinajstić information content (AvgIpc) is 2.69. The van der Waals surface area contributed by atoms with Gasteiger partial charge in [0.25, 0.3) is 11.8 Å². The van der Waals surface area contributed by atoms with Crippen LogP contribution in [0.5, 0.6) is 0 Å². The van der Waals surface area contributed by atoms with E-state index >= 15 is 0 Å². The molecule has 0 aliphatic carbocycles. The first kappa shape index (κ1) is 18.2. The molecule has 2 heterocycles. The molecule has 0 bridgehead atoms. The number of imide groups is 1. The number of pyridine rings is 1. The first-order chi connectivity index (χ1) is 11.1. The molecule has 0 unspecified atom stereocenters. The smallest absolute Gasteiger partial charge is 0.380 e. The van der Waals surface area contributed by atoms with E-state index in [9.17, 15) is 22.8 Å². The van der Waals surface area contributed by atoms with Crippen LogP contribution in [0.25, 0.3) is 0 Å². The largest absolute Gasteiger partial charge is 0.419 e. The normalized spacial score (nSPS) is 15.5. The van der Waals surface area contributed by atoms with Crippen LogP contribution in [0.15, 0.2) is 23.3 Å². The van der Waals surface area contributed by atoms with Crippen LogP contribution in [0.1, 0.15) is 12.5 Å². The molecule has 0 fully saturated rings. The molecule has 24 heavy (non-hydrogen) atoms. The maximum atomic E-state index is 12.7. The zero-order valence-electron chi connectivity index (χ0n) is 12.9. The molecule has 2 rings (SSSR count). The van der Waals surface area contributed by atoms with Crippen LogP contribution >= 0.6 is 11.6 Å². The second kappa shape index (κ2) is 6.40. The number of hydrazine groups is 1. The van der Waals surface area contributed by atoms with E-state index in [2.05, 4.69) is 4.98 Å². The first-order valence-electron chi connectivity index (χ1n) is 6.64. The quantitative estimate of drug-likeness (QED) is 0.607. The minimum Gasteiger partial charge on any atom is -0.380 e. The van der Waals surface area contributed by atoms with Gasteiger partial charge in [0, 0.05) is 19.7 Å². The maximum absolute atomic E-state index is 12.7. The Bertz CT molecular complexity index is 734. The Labute approximate surface area is 140 Å². The Morgan fingerprint density at radius 1 is 1.29 bits per heavy atom. The number of hydrogen-bond acceptors (Lipinski definition) is 5. The number of nitrogens with zero attached hydrogens (tertiary/aromatic N) is 3. The van der Waals surface area contributed by atoms with E-state index in [0.717, 1.165) is 22.2 Å². The fourth-order valence-electron chi connectivity index (χ4n) is 2.17. The zero-order valence-corrected chi connectivity index (χ0v) is 13.7. The number of rotatable bonds is 4. The fraction of sp³-hybridized carbons (Fsp3) is 0.357. The molecule has 2 amide bonds. The summed E-state index contributed by atoms with van der Waals surface area (Å²) in [6.07, 6.45) is -4.65. The van der Waals surface area contributed by atoms with Crippen molar-refractivity contribution >= 4 is 29.2 Å². The van der Waals surface area contributed by atoms with Crippen molar-refractivity contribution in [3.05, 3.63) is 34.0 Å². The lowest BCUT2D eigenvalue weighted by Gasteiger charge is -2.27. The van der Waals surface area contributed by atoms with Crippen LogP contribution in [0.4, 0.5) is 19.0 Å². The molecule has 1 aromatic rings. The van der Waals surface area contributed by atoms with Gasteiger partial charge in [0.2, 0.25) is 0 Å². The van der Waals surface area contributed by atoms with Gasteiger partial charge in [-0.25, -0.2) is 4.98 Å². The molecular weight excluding hydrogens is 351 g/mol. The van der Waals surface area contributed by atoms with E-state index in [4.69, 9.17) is 16.3 Å². The summed E-state index contributed by atoms with van der Waals surface area (Å²) in [7, 11) is 2.70. The molecule has 1 aliphatic heterocycles. The summed E-state index contributed by atoms with van der Waals surface area (Å²) >= 11 is 5.57. The van der Waals surface area contributed by atoms with Gasteiger partial charge in [-0.1, -0.05) is 11.6 Å². The van der Waals surface area contributed by atoms with E-state index < -0.39 is 28.7 Å². The van der Waals surface area contributed by atoms with E-state index in [0.29, 0.717) is 0 Å². The number of hydrogen-bond donors (Lipinski definition) is 0. The first-order valence-corrected chi connectivity index (χ1v) is 7.02. The summed E-state index contributed by atoms with van der Waals surface area (Å²) < 4.78 is 43.0. The van der Waals surface area contributed by atoms with E-state index in [-0.39, 0.29) is 23.6 Å². The van der Waals surface area contributed by atoms with Crippen molar-refractivity contribution in [3.63, 3.8) is 0 Å². The molecule has 0 saturated heterocycles. The topological polar surface area (TPSA) is 62.7 Å². The lowest BCUT2D eigenvalue weighted by Crippen LogP contribution is -2.45. The summed E-state index contributed by atoms with van der Waals surface area (Å²) in [5.74, 6) is -1.31. The Morgan fingerprint density at radius 3 is 2.42 bits per heavy atom.